The molecule has 1 aromatic heterocycles. The third-order valence-electron chi connectivity index (χ3n) is 4.44. The first kappa shape index (κ1) is 22.7. The van der Waals surface area contributed by atoms with Crippen LogP contribution in [-0.4, -0.2) is 50.8 Å². The SMILES string of the molecule is CN=C(NCCc1cccc(Cl)c1)NCc1cccnc1N1CCOCC1.I. The molecule has 2 aromatic rings. The van der Waals surface area contributed by atoms with Gasteiger partial charge in [-0.3, -0.25) is 4.99 Å². The van der Waals surface area contributed by atoms with E-state index in [4.69, 9.17) is 16.3 Å². The molecule has 152 valence electrons. The summed E-state index contributed by atoms with van der Waals surface area (Å²) in [5.41, 5.74) is 2.35. The molecule has 0 atom stereocenters. The van der Waals surface area contributed by atoms with Gasteiger partial charge in [-0.05, 0) is 30.2 Å². The topological polar surface area (TPSA) is 61.8 Å². The maximum Gasteiger partial charge on any atom is 0.191 e. The smallest absolute Gasteiger partial charge is 0.191 e. The minimum Gasteiger partial charge on any atom is -0.378 e. The molecule has 2 N–H and O–H groups in total. The van der Waals surface area contributed by atoms with Crippen molar-refractivity contribution in [2.45, 2.75) is 13.0 Å². The number of aromatic nitrogens is 1. The molecule has 1 aliphatic heterocycles. The zero-order valence-electron chi connectivity index (χ0n) is 16.0. The van der Waals surface area contributed by atoms with Gasteiger partial charge in [-0.15, -0.1) is 24.0 Å². The first-order valence-electron chi connectivity index (χ1n) is 9.22. The summed E-state index contributed by atoms with van der Waals surface area (Å²) >= 11 is 6.04. The number of hydrogen-bond acceptors (Lipinski definition) is 4. The molecular weight excluding hydrogens is 489 g/mol. The van der Waals surface area contributed by atoms with Gasteiger partial charge in [-0.2, -0.15) is 0 Å². The van der Waals surface area contributed by atoms with Crippen LogP contribution in [0.25, 0.3) is 0 Å². The van der Waals surface area contributed by atoms with E-state index >= 15 is 0 Å². The van der Waals surface area contributed by atoms with Gasteiger partial charge < -0.3 is 20.3 Å². The maximum atomic E-state index is 6.04. The summed E-state index contributed by atoms with van der Waals surface area (Å²) in [4.78, 5) is 11.2. The third kappa shape index (κ3) is 6.79. The highest BCUT2D eigenvalue weighted by molar-refractivity contribution is 14.0. The number of pyridine rings is 1. The predicted octanol–water partition coefficient (Wildman–Crippen LogP) is 3.10. The quantitative estimate of drug-likeness (QED) is 0.352. The van der Waals surface area contributed by atoms with Crippen LogP contribution in [-0.2, 0) is 17.7 Å². The number of rotatable bonds is 6. The summed E-state index contributed by atoms with van der Waals surface area (Å²) < 4.78 is 5.44. The molecule has 8 heteroatoms. The van der Waals surface area contributed by atoms with Crippen molar-refractivity contribution in [3.63, 3.8) is 0 Å². The fourth-order valence-corrected chi connectivity index (χ4v) is 3.26. The first-order valence-corrected chi connectivity index (χ1v) is 9.59. The van der Waals surface area contributed by atoms with E-state index in [-0.39, 0.29) is 24.0 Å². The van der Waals surface area contributed by atoms with E-state index in [0.29, 0.717) is 6.54 Å². The molecule has 0 bridgehead atoms. The Hall–Kier alpha value is -1.58. The van der Waals surface area contributed by atoms with Gasteiger partial charge in [0.25, 0.3) is 0 Å². The normalized spacial score (nSPS) is 14.4. The molecule has 0 unspecified atom stereocenters. The highest BCUT2D eigenvalue weighted by atomic mass is 127. The lowest BCUT2D eigenvalue weighted by molar-refractivity contribution is 0.122. The molecule has 0 spiro atoms. The number of nitrogens with one attached hydrogen (secondary N) is 2. The number of benzene rings is 1. The van der Waals surface area contributed by atoms with E-state index in [1.54, 1.807) is 7.05 Å². The Labute approximate surface area is 188 Å². The van der Waals surface area contributed by atoms with Crippen LogP contribution in [0.3, 0.4) is 0 Å². The average molecular weight is 516 g/mol. The minimum absolute atomic E-state index is 0. The van der Waals surface area contributed by atoms with Crippen molar-refractivity contribution < 1.29 is 4.74 Å². The van der Waals surface area contributed by atoms with Crippen molar-refractivity contribution >= 4 is 47.4 Å². The van der Waals surface area contributed by atoms with E-state index in [1.165, 1.54) is 5.56 Å². The Morgan fingerprint density at radius 1 is 1.21 bits per heavy atom. The highest BCUT2D eigenvalue weighted by Gasteiger charge is 2.15. The fourth-order valence-electron chi connectivity index (χ4n) is 3.05. The summed E-state index contributed by atoms with van der Waals surface area (Å²) in [5, 5.41) is 7.49. The third-order valence-corrected chi connectivity index (χ3v) is 4.68. The molecule has 1 fully saturated rings. The number of anilines is 1. The van der Waals surface area contributed by atoms with Gasteiger partial charge in [0.15, 0.2) is 5.96 Å². The number of nitrogens with zero attached hydrogens (tertiary/aromatic N) is 3. The van der Waals surface area contributed by atoms with Gasteiger partial charge >= 0.3 is 0 Å². The van der Waals surface area contributed by atoms with Gasteiger partial charge in [0.05, 0.1) is 13.2 Å². The van der Waals surface area contributed by atoms with Crippen molar-refractivity contribution in [3.05, 3.63) is 58.7 Å². The second-order valence-corrected chi connectivity index (χ2v) is 6.75. The van der Waals surface area contributed by atoms with Crippen molar-refractivity contribution in [3.8, 4) is 0 Å². The molecule has 1 aromatic carbocycles. The molecule has 1 aliphatic rings. The molecule has 0 aliphatic carbocycles. The van der Waals surface area contributed by atoms with Crippen molar-refractivity contribution in [1.29, 1.82) is 0 Å². The van der Waals surface area contributed by atoms with Crippen molar-refractivity contribution in [2.24, 2.45) is 4.99 Å². The Morgan fingerprint density at radius 2 is 2.04 bits per heavy atom. The summed E-state index contributed by atoms with van der Waals surface area (Å²) in [6.45, 7) is 4.68. The molecule has 2 heterocycles. The van der Waals surface area contributed by atoms with E-state index in [2.05, 4.69) is 37.6 Å². The number of halogens is 2. The summed E-state index contributed by atoms with van der Waals surface area (Å²) in [6.07, 6.45) is 2.72. The van der Waals surface area contributed by atoms with Crippen LogP contribution in [0.2, 0.25) is 5.02 Å². The Kier molecular flexibility index (Phi) is 9.80. The molecule has 0 saturated carbocycles. The zero-order chi connectivity index (χ0) is 18.9. The van der Waals surface area contributed by atoms with Gasteiger partial charge in [0, 0.05) is 50.0 Å². The largest absolute Gasteiger partial charge is 0.378 e. The molecule has 0 amide bonds. The molecule has 6 nitrogen and oxygen atoms in total. The number of morpholine rings is 1. The molecular formula is C20H27ClIN5O. The van der Waals surface area contributed by atoms with Crippen LogP contribution in [0.15, 0.2) is 47.6 Å². The minimum atomic E-state index is 0. The number of guanidine groups is 1. The average Bonchev–Trinajstić information content (AvgIpc) is 2.71. The first-order chi connectivity index (χ1) is 13.3. The summed E-state index contributed by atoms with van der Waals surface area (Å²) in [5.74, 6) is 1.79. The predicted molar refractivity (Wildman–Crippen MR) is 126 cm³/mol. The van der Waals surface area contributed by atoms with Crippen LogP contribution in [0.1, 0.15) is 11.1 Å². The van der Waals surface area contributed by atoms with Crippen molar-refractivity contribution in [1.82, 2.24) is 15.6 Å². The van der Waals surface area contributed by atoms with Crippen LogP contribution in [0.4, 0.5) is 5.82 Å². The molecule has 1 saturated heterocycles. The summed E-state index contributed by atoms with van der Waals surface area (Å²) in [6, 6.07) is 12.0. The monoisotopic (exact) mass is 515 g/mol. The molecule has 0 radical (unpaired) electrons. The van der Waals surface area contributed by atoms with Gasteiger partial charge in [-0.25, -0.2) is 4.98 Å². The Balaban J connectivity index is 0.00000280. The highest BCUT2D eigenvalue weighted by Crippen LogP contribution is 2.18. The van der Waals surface area contributed by atoms with E-state index in [1.807, 2.05) is 30.5 Å². The lowest BCUT2D eigenvalue weighted by atomic mass is 10.1. The fraction of sp³-hybridized carbons (Fsp3) is 0.400. The standard InChI is InChI=1S/C20H26ClN5O.HI/c1-22-20(24-9-7-16-4-2-6-18(21)14-16)25-15-17-5-3-8-23-19(17)26-10-12-27-13-11-26;/h2-6,8,14H,7,9-13,15H2,1H3,(H2,22,24,25);1H. The zero-order valence-corrected chi connectivity index (χ0v) is 19.1. The van der Waals surface area contributed by atoms with E-state index < -0.39 is 0 Å². The number of aliphatic imine (C=N–C) groups is 1. The van der Waals surface area contributed by atoms with Gasteiger partial charge in [-0.1, -0.05) is 29.8 Å². The number of ether oxygens (including phenoxy) is 1. The Morgan fingerprint density at radius 3 is 2.79 bits per heavy atom. The maximum absolute atomic E-state index is 6.04. The van der Waals surface area contributed by atoms with Crippen molar-refractivity contribution in [2.75, 3.05) is 44.8 Å². The van der Waals surface area contributed by atoms with Gasteiger partial charge in [0.1, 0.15) is 5.82 Å². The molecule has 28 heavy (non-hydrogen) atoms. The van der Waals surface area contributed by atoms with Gasteiger partial charge in [0.2, 0.25) is 0 Å². The second kappa shape index (κ2) is 12.1. The summed E-state index contributed by atoms with van der Waals surface area (Å²) in [7, 11) is 1.78. The van der Waals surface area contributed by atoms with Crippen LogP contribution in [0.5, 0.6) is 0 Å². The number of hydrogen-bond donors (Lipinski definition) is 2. The van der Waals surface area contributed by atoms with Crippen LogP contribution in [0, 0.1) is 0 Å². The molecule has 3 rings (SSSR count). The lowest BCUT2D eigenvalue weighted by Crippen LogP contribution is -2.40. The Bertz CT molecular complexity index is 768. The van der Waals surface area contributed by atoms with E-state index in [9.17, 15) is 0 Å². The lowest BCUT2D eigenvalue weighted by Gasteiger charge is -2.29. The second-order valence-electron chi connectivity index (χ2n) is 6.32. The van der Waals surface area contributed by atoms with Crippen LogP contribution >= 0.6 is 35.6 Å². The van der Waals surface area contributed by atoms with E-state index in [0.717, 1.165) is 61.6 Å². The van der Waals surface area contributed by atoms with Crippen LogP contribution < -0.4 is 15.5 Å².